The Labute approximate surface area is 173 Å². The number of aromatic nitrogens is 2. The number of rotatable bonds is 8. The van der Waals surface area contributed by atoms with Crippen LogP contribution in [0.5, 0.6) is 0 Å². The zero-order valence-corrected chi connectivity index (χ0v) is 17.8. The van der Waals surface area contributed by atoms with Gasteiger partial charge in [0.15, 0.2) is 0 Å². The number of hydrogen-bond donors (Lipinski definition) is 1. The van der Waals surface area contributed by atoms with Crippen LogP contribution in [0.15, 0.2) is 34.3 Å². The summed E-state index contributed by atoms with van der Waals surface area (Å²) < 4.78 is 12.5. The van der Waals surface area contributed by atoms with Crippen molar-refractivity contribution in [2.45, 2.75) is 34.2 Å². The second kappa shape index (κ2) is 9.09. The Kier molecular flexibility index (Phi) is 6.53. The molecule has 1 N–H and O–H groups in total. The molecule has 0 unspecified atom stereocenters. The third-order valence-corrected chi connectivity index (χ3v) is 5.22. The van der Waals surface area contributed by atoms with E-state index in [9.17, 15) is 9.59 Å². The van der Waals surface area contributed by atoms with Crippen LogP contribution in [-0.4, -0.2) is 34.6 Å². The van der Waals surface area contributed by atoms with Gasteiger partial charge in [-0.05, 0) is 38.0 Å². The summed E-state index contributed by atoms with van der Waals surface area (Å²) in [5, 5.41) is 5.05. The number of furan rings is 1. The maximum Gasteiger partial charge on any atom is 0.367 e. The lowest BCUT2D eigenvalue weighted by atomic mass is 10.2. The van der Waals surface area contributed by atoms with Gasteiger partial charge < -0.3 is 19.0 Å². The Hall–Kier alpha value is -2.87. The van der Waals surface area contributed by atoms with Gasteiger partial charge in [0.2, 0.25) is 5.01 Å². The summed E-state index contributed by atoms with van der Waals surface area (Å²) in [6, 6.07) is 5.52. The second-order valence-electron chi connectivity index (χ2n) is 7.06. The van der Waals surface area contributed by atoms with E-state index in [1.54, 1.807) is 18.6 Å². The van der Waals surface area contributed by atoms with Crippen LogP contribution in [0.3, 0.4) is 0 Å². The van der Waals surface area contributed by atoms with Crippen molar-refractivity contribution in [2.75, 3.05) is 13.2 Å². The van der Waals surface area contributed by atoms with Crippen molar-refractivity contribution in [3.8, 4) is 11.4 Å². The average Bonchev–Trinajstić information content (AvgIpc) is 3.42. The maximum absolute atomic E-state index is 12.7. The Morgan fingerprint density at radius 1 is 1.38 bits per heavy atom. The molecule has 0 radical (unpaired) electrons. The van der Waals surface area contributed by atoms with Crippen molar-refractivity contribution < 1.29 is 18.7 Å². The molecule has 3 rings (SSSR count). The van der Waals surface area contributed by atoms with Crippen LogP contribution < -0.4 is 5.32 Å². The van der Waals surface area contributed by atoms with E-state index in [4.69, 9.17) is 9.15 Å². The minimum Gasteiger partial charge on any atom is -0.467 e. The molecule has 3 aromatic rings. The van der Waals surface area contributed by atoms with E-state index in [2.05, 4.69) is 10.3 Å². The summed E-state index contributed by atoms with van der Waals surface area (Å²) >= 11 is 1.22. The van der Waals surface area contributed by atoms with Gasteiger partial charge in [-0.25, -0.2) is 9.78 Å². The second-order valence-corrected chi connectivity index (χ2v) is 7.91. The van der Waals surface area contributed by atoms with Crippen LogP contribution in [0.4, 0.5) is 0 Å². The van der Waals surface area contributed by atoms with Crippen LogP contribution in [-0.2, 0) is 11.3 Å². The number of carbonyl (C=O) groups is 2. The normalized spacial score (nSPS) is 11.1. The fourth-order valence-corrected chi connectivity index (χ4v) is 3.62. The quantitative estimate of drug-likeness (QED) is 0.559. The van der Waals surface area contributed by atoms with E-state index >= 15 is 0 Å². The molecule has 0 saturated carbocycles. The summed E-state index contributed by atoms with van der Waals surface area (Å²) in [4.78, 5) is 29.2. The summed E-state index contributed by atoms with van der Waals surface area (Å²) in [7, 11) is 0. The van der Waals surface area contributed by atoms with Crippen molar-refractivity contribution in [1.29, 1.82) is 0 Å². The molecule has 0 aliphatic rings. The topological polar surface area (TPSA) is 86.4 Å². The molecule has 29 heavy (non-hydrogen) atoms. The van der Waals surface area contributed by atoms with E-state index in [-0.39, 0.29) is 10.9 Å². The van der Waals surface area contributed by atoms with Crippen LogP contribution in [0.2, 0.25) is 0 Å². The standard InChI is InChI=1S/C21H25N3O4S/c1-5-27-21(26)20-23-17(12-29-20)18-9-16(19(25)22-10-13(2)3)14(4)24(18)11-15-7-6-8-28-15/h6-9,12-13H,5,10-11H2,1-4H3,(H,22,25). The number of hydrogen-bond acceptors (Lipinski definition) is 6. The van der Waals surface area contributed by atoms with Gasteiger partial charge in [0.25, 0.3) is 5.91 Å². The zero-order chi connectivity index (χ0) is 21.0. The van der Waals surface area contributed by atoms with Gasteiger partial charge in [0, 0.05) is 17.6 Å². The number of nitrogens with one attached hydrogen (secondary N) is 1. The molecule has 0 atom stereocenters. The molecular weight excluding hydrogens is 390 g/mol. The predicted octanol–water partition coefficient (Wildman–Crippen LogP) is 4.12. The molecule has 0 aliphatic heterocycles. The summed E-state index contributed by atoms with van der Waals surface area (Å²) in [5.41, 5.74) is 2.76. The number of esters is 1. The van der Waals surface area contributed by atoms with Gasteiger partial charge in [0.1, 0.15) is 5.76 Å². The molecule has 0 fully saturated rings. The Morgan fingerprint density at radius 3 is 2.83 bits per heavy atom. The summed E-state index contributed by atoms with van der Waals surface area (Å²) in [6.07, 6.45) is 1.62. The summed E-state index contributed by atoms with van der Waals surface area (Å²) in [6.45, 7) is 9.10. The molecule has 3 aromatic heterocycles. The van der Waals surface area contributed by atoms with Crippen molar-refractivity contribution >= 4 is 23.2 Å². The van der Waals surface area contributed by atoms with Crippen LogP contribution in [0.1, 0.15) is 52.4 Å². The number of carbonyl (C=O) groups excluding carboxylic acids is 2. The van der Waals surface area contributed by atoms with Gasteiger partial charge in [-0.1, -0.05) is 13.8 Å². The molecule has 3 heterocycles. The van der Waals surface area contributed by atoms with E-state index in [0.29, 0.717) is 36.9 Å². The fourth-order valence-electron chi connectivity index (χ4n) is 2.92. The lowest BCUT2D eigenvalue weighted by Crippen LogP contribution is -2.27. The largest absolute Gasteiger partial charge is 0.467 e. The first-order valence-corrected chi connectivity index (χ1v) is 10.4. The van der Waals surface area contributed by atoms with Gasteiger partial charge in [0.05, 0.1) is 36.4 Å². The lowest BCUT2D eigenvalue weighted by Gasteiger charge is -2.10. The van der Waals surface area contributed by atoms with E-state index < -0.39 is 5.97 Å². The minimum absolute atomic E-state index is 0.128. The molecule has 7 nitrogen and oxygen atoms in total. The highest BCUT2D eigenvalue weighted by Gasteiger charge is 2.22. The average molecular weight is 416 g/mol. The lowest BCUT2D eigenvalue weighted by molar-refractivity contribution is 0.0526. The van der Waals surface area contributed by atoms with Crippen LogP contribution in [0.25, 0.3) is 11.4 Å². The Balaban J connectivity index is 1.99. The number of ether oxygens (including phenoxy) is 1. The van der Waals surface area contributed by atoms with E-state index in [1.165, 1.54) is 11.3 Å². The third kappa shape index (κ3) is 4.76. The van der Waals surface area contributed by atoms with E-state index in [1.807, 2.05) is 43.5 Å². The monoisotopic (exact) mass is 415 g/mol. The first-order chi connectivity index (χ1) is 13.9. The molecule has 1 amide bonds. The van der Waals surface area contributed by atoms with E-state index in [0.717, 1.165) is 17.1 Å². The third-order valence-electron chi connectivity index (χ3n) is 4.39. The van der Waals surface area contributed by atoms with Gasteiger partial charge in [-0.2, -0.15) is 0 Å². The Morgan fingerprint density at radius 2 is 2.17 bits per heavy atom. The first kappa shape index (κ1) is 20.9. The van der Waals surface area contributed by atoms with Crippen LogP contribution >= 0.6 is 11.3 Å². The van der Waals surface area contributed by atoms with Gasteiger partial charge in [-0.3, -0.25) is 4.79 Å². The smallest absolute Gasteiger partial charge is 0.367 e. The highest BCUT2D eigenvalue weighted by Crippen LogP contribution is 2.28. The Bertz CT molecular complexity index is 986. The highest BCUT2D eigenvalue weighted by molar-refractivity contribution is 7.11. The molecule has 154 valence electrons. The highest BCUT2D eigenvalue weighted by atomic mass is 32.1. The number of amides is 1. The molecule has 0 aliphatic carbocycles. The molecule has 8 heteroatoms. The maximum atomic E-state index is 12.7. The predicted molar refractivity (Wildman–Crippen MR) is 111 cm³/mol. The molecule has 0 bridgehead atoms. The number of nitrogens with zero attached hydrogens (tertiary/aromatic N) is 2. The molecular formula is C21H25N3O4S. The minimum atomic E-state index is -0.445. The molecule has 0 spiro atoms. The van der Waals surface area contributed by atoms with Gasteiger partial charge >= 0.3 is 5.97 Å². The zero-order valence-electron chi connectivity index (χ0n) is 17.0. The van der Waals surface area contributed by atoms with Crippen molar-refractivity contribution in [3.63, 3.8) is 0 Å². The summed E-state index contributed by atoms with van der Waals surface area (Å²) in [5.74, 6) is 0.547. The SMILES string of the molecule is CCOC(=O)c1nc(-c2cc(C(=O)NCC(C)C)c(C)n2Cc2ccco2)cs1. The van der Waals surface area contributed by atoms with Crippen molar-refractivity contribution in [2.24, 2.45) is 5.92 Å². The van der Waals surface area contributed by atoms with Crippen molar-refractivity contribution in [1.82, 2.24) is 14.9 Å². The van der Waals surface area contributed by atoms with Crippen molar-refractivity contribution in [3.05, 3.63) is 51.9 Å². The first-order valence-electron chi connectivity index (χ1n) is 9.54. The molecule has 0 aromatic carbocycles. The fraction of sp³-hybridized carbons (Fsp3) is 0.381. The van der Waals surface area contributed by atoms with Crippen LogP contribution in [0, 0.1) is 12.8 Å². The van der Waals surface area contributed by atoms with Gasteiger partial charge in [-0.15, -0.1) is 11.3 Å². The number of thiazole rings is 1. The molecule has 0 saturated heterocycles.